The fourth-order valence-electron chi connectivity index (χ4n) is 4.62. The predicted octanol–water partition coefficient (Wildman–Crippen LogP) is 4.45. The van der Waals surface area contributed by atoms with E-state index in [-0.39, 0.29) is 0 Å². The van der Waals surface area contributed by atoms with Crippen LogP contribution in [0.1, 0.15) is 78.6 Å². The van der Waals surface area contributed by atoms with Crippen molar-refractivity contribution in [3.8, 4) is 0 Å². The number of hydrogen-bond donors (Lipinski definition) is 1. The Bertz CT molecular complexity index is 271. The van der Waals surface area contributed by atoms with E-state index in [4.69, 9.17) is 0 Å². The van der Waals surface area contributed by atoms with Gasteiger partial charge in [0.05, 0.1) is 0 Å². The molecule has 3 atom stereocenters. The quantitative estimate of drug-likeness (QED) is 0.746. The Kier molecular flexibility index (Phi) is 7.53. The number of nitrogens with zero attached hydrogens (tertiary/aromatic N) is 1. The van der Waals surface area contributed by atoms with Crippen LogP contribution in [0.2, 0.25) is 0 Å². The van der Waals surface area contributed by atoms with E-state index >= 15 is 0 Å². The van der Waals surface area contributed by atoms with Crippen LogP contribution in [-0.2, 0) is 0 Å². The van der Waals surface area contributed by atoms with Gasteiger partial charge in [0, 0.05) is 31.7 Å². The molecule has 124 valence electrons. The lowest BCUT2D eigenvalue weighted by molar-refractivity contribution is 0.0571. The Morgan fingerprint density at radius 1 is 1.10 bits per heavy atom. The van der Waals surface area contributed by atoms with Gasteiger partial charge in [-0.1, -0.05) is 52.9 Å². The second kappa shape index (κ2) is 9.15. The maximum Gasteiger partial charge on any atom is 0.0249 e. The van der Waals surface area contributed by atoms with Crippen LogP contribution in [0.15, 0.2) is 0 Å². The monoisotopic (exact) mass is 294 g/mol. The zero-order valence-corrected chi connectivity index (χ0v) is 14.7. The molecule has 2 heteroatoms. The summed E-state index contributed by atoms with van der Waals surface area (Å²) in [6.45, 7) is 11.0. The molecule has 0 amide bonds. The van der Waals surface area contributed by atoms with Crippen LogP contribution in [0, 0.1) is 11.8 Å². The van der Waals surface area contributed by atoms with E-state index in [1.165, 1.54) is 77.4 Å². The third-order valence-electron chi connectivity index (χ3n) is 5.70. The molecular weight excluding hydrogens is 256 g/mol. The maximum atomic E-state index is 3.86. The second-order valence-corrected chi connectivity index (χ2v) is 7.71. The van der Waals surface area contributed by atoms with Crippen LogP contribution >= 0.6 is 0 Å². The standard InChI is InChI=1S/C19H38N2/c1-4-9-16(3)14-21-15-18(10-5-2)20-13-19(21)17-11-7-6-8-12-17/h16-20H,4-15H2,1-3H3. The van der Waals surface area contributed by atoms with Gasteiger partial charge in [-0.25, -0.2) is 0 Å². The van der Waals surface area contributed by atoms with E-state index < -0.39 is 0 Å². The predicted molar refractivity (Wildman–Crippen MR) is 92.7 cm³/mol. The Labute approximate surface area is 133 Å². The van der Waals surface area contributed by atoms with Crippen molar-refractivity contribution in [3.05, 3.63) is 0 Å². The number of rotatable bonds is 7. The van der Waals surface area contributed by atoms with Crippen LogP contribution in [0.25, 0.3) is 0 Å². The van der Waals surface area contributed by atoms with Crippen molar-refractivity contribution in [2.75, 3.05) is 19.6 Å². The van der Waals surface area contributed by atoms with Gasteiger partial charge in [0.25, 0.3) is 0 Å². The van der Waals surface area contributed by atoms with Crippen molar-refractivity contribution in [1.82, 2.24) is 10.2 Å². The van der Waals surface area contributed by atoms with E-state index in [1.807, 2.05) is 0 Å². The lowest BCUT2D eigenvalue weighted by atomic mass is 9.81. The van der Waals surface area contributed by atoms with E-state index in [0.717, 1.165) is 23.9 Å². The number of piperazine rings is 1. The highest BCUT2D eigenvalue weighted by molar-refractivity contribution is 4.91. The van der Waals surface area contributed by atoms with Crippen molar-refractivity contribution in [3.63, 3.8) is 0 Å². The van der Waals surface area contributed by atoms with Crippen molar-refractivity contribution in [1.29, 1.82) is 0 Å². The van der Waals surface area contributed by atoms with E-state index in [0.29, 0.717) is 0 Å². The minimum absolute atomic E-state index is 0.740. The molecule has 1 aliphatic heterocycles. The van der Waals surface area contributed by atoms with Gasteiger partial charge in [-0.15, -0.1) is 0 Å². The molecule has 1 saturated carbocycles. The van der Waals surface area contributed by atoms with Gasteiger partial charge < -0.3 is 5.32 Å². The smallest absolute Gasteiger partial charge is 0.0249 e. The summed E-state index contributed by atoms with van der Waals surface area (Å²) in [5.41, 5.74) is 0. The first-order valence-electron chi connectivity index (χ1n) is 9.72. The first kappa shape index (κ1) is 17.3. The molecule has 1 heterocycles. The Morgan fingerprint density at radius 2 is 1.86 bits per heavy atom. The molecule has 0 aromatic carbocycles. The lowest BCUT2D eigenvalue weighted by Gasteiger charge is -2.46. The van der Waals surface area contributed by atoms with E-state index in [1.54, 1.807) is 0 Å². The number of hydrogen-bond acceptors (Lipinski definition) is 2. The number of nitrogens with one attached hydrogen (secondary N) is 1. The molecule has 0 aromatic rings. The normalized spacial score (nSPS) is 30.4. The average Bonchev–Trinajstić information content (AvgIpc) is 2.49. The Morgan fingerprint density at radius 3 is 2.52 bits per heavy atom. The highest BCUT2D eigenvalue weighted by Crippen LogP contribution is 2.31. The highest BCUT2D eigenvalue weighted by Gasteiger charge is 2.33. The third kappa shape index (κ3) is 5.25. The minimum Gasteiger partial charge on any atom is -0.311 e. The van der Waals surface area contributed by atoms with Crippen LogP contribution in [0.4, 0.5) is 0 Å². The van der Waals surface area contributed by atoms with Gasteiger partial charge in [-0.2, -0.15) is 0 Å². The molecule has 21 heavy (non-hydrogen) atoms. The Hall–Kier alpha value is -0.0800. The summed E-state index contributed by atoms with van der Waals surface area (Å²) in [7, 11) is 0. The van der Waals surface area contributed by atoms with Gasteiger partial charge >= 0.3 is 0 Å². The zero-order valence-electron chi connectivity index (χ0n) is 14.7. The molecule has 0 bridgehead atoms. The summed E-state index contributed by atoms with van der Waals surface area (Å²) >= 11 is 0. The molecule has 2 aliphatic rings. The fourth-order valence-corrected chi connectivity index (χ4v) is 4.62. The van der Waals surface area contributed by atoms with Gasteiger partial charge in [0.15, 0.2) is 0 Å². The van der Waals surface area contributed by atoms with Gasteiger partial charge in [0.2, 0.25) is 0 Å². The molecule has 0 spiro atoms. The summed E-state index contributed by atoms with van der Waals surface area (Å²) in [5, 5.41) is 3.86. The van der Waals surface area contributed by atoms with Crippen LogP contribution in [0.5, 0.6) is 0 Å². The molecular formula is C19H38N2. The topological polar surface area (TPSA) is 15.3 Å². The molecule has 3 unspecified atom stereocenters. The fraction of sp³-hybridized carbons (Fsp3) is 1.00. The highest BCUT2D eigenvalue weighted by atomic mass is 15.2. The molecule has 1 N–H and O–H groups in total. The van der Waals surface area contributed by atoms with Crippen LogP contribution < -0.4 is 5.32 Å². The summed E-state index contributed by atoms with van der Waals surface area (Å²) < 4.78 is 0. The van der Waals surface area contributed by atoms with Crippen LogP contribution in [0.3, 0.4) is 0 Å². The van der Waals surface area contributed by atoms with Crippen molar-refractivity contribution >= 4 is 0 Å². The third-order valence-corrected chi connectivity index (χ3v) is 5.70. The second-order valence-electron chi connectivity index (χ2n) is 7.71. The molecule has 2 fully saturated rings. The van der Waals surface area contributed by atoms with Crippen molar-refractivity contribution < 1.29 is 0 Å². The van der Waals surface area contributed by atoms with Gasteiger partial charge in [-0.05, 0) is 37.5 Å². The molecule has 0 aromatic heterocycles. The molecule has 0 radical (unpaired) electrons. The van der Waals surface area contributed by atoms with Crippen LogP contribution in [-0.4, -0.2) is 36.6 Å². The largest absolute Gasteiger partial charge is 0.311 e. The maximum absolute atomic E-state index is 3.86. The average molecular weight is 295 g/mol. The molecule has 1 aliphatic carbocycles. The van der Waals surface area contributed by atoms with Gasteiger partial charge in [0.1, 0.15) is 0 Å². The zero-order chi connectivity index (χ0) is 15.1. The summed E-state index contributed by atoms with van der Waals surface area (Å²) in [5.74, 6) is 1.82. The first-order valence-corrected chi connectivity index (χ1v) is 9.72. The molecule has 2 rings (SSSR count). The lowest BCUT2D eigenvalue weighted by Crippen LogP contribution is -2.59. The molecule has 2 nitrogen and oxygen atoms in total. The van der Waals surface area contributed by atoms with Crippen molar-refractivity contribution in [2.24, 2.45) is 11.8 Å². The van der Waals surface area contributed by atoms with Gasteiger partial charge in [-0.3, -0.25) is 4.90 Å². The Balaban J connectivity index is 1.95. The van der Waals surface area contributed by atoms with E-state index in [2.05, 4.69) is 31.0 Å². The summed E-state index contributed by atoms with van der Waals surface area (Å²) in [4.78, 5) is 2.88. The summed E-state index contributed by atoms with van der Waals surface area (Å²) in [6.07, 6.45) is 12.7. The van der Waals surface area contributed by atoms with Crippen molar-refractivity contribution in [2.45, 2.75) is 90.6 Å². The molecule has 1 saturated heterocycles. The summed E-state index contributed by atoms with van der Waals surface area (Å²) in [6, 6.07) is 1.56. The SMILES string of the molecule is CCCC(C)CN1CC(CCC)NCC1C1CCCCC1. The van der Waals surface area contributed by atoms with E-state index in [9.17, 15) is 0 Å². The minimum atomic E-state index is 0.740. The first-order chi connectivity index (χ1) is 10.2.